The van der Waals surface area contributed by atoms with Crippen LogP contribution in [-0.2, 0) is 0 Å². The number of hydrogen-bond donors (Lipinski definition) is 2. The van der Waals surface area contributed by atoms with Crippen molar-refractivity contribution in [2.45, 2.75) is 0 Å². The lowest BCUT2D eigenvalue weighted by molar-refractivity contribution is 0.0831. The fraction of sp³-hybridized carbons (Fsp3) is 0. The summed E-state index contributed by atoms with van der Waals surface area (Å²) in [5.41, 5.74) is 8.42. The van der Waals surface area contributed by atoms with Gasteiger partial charge in [0.25, 0.3) is 5.91 Å². The molecule has 2 aromatic heterocycles. The number of nitrogens with one attached hydrogen (secondary N) is 2. The highest BCUT2D eigenvalue weighted by molar-refractivity contribution is 6.04. The summed E-state index contributed by atoms with van der Waals surface area (Å²) in [4.78, 5) is 28.8. The van der Waals surface area contributed by atoms with Gasteiger partial charge in [0.05, 0.1) is 6.26 Å². The van der Waals surface area contributed by atoms with Gasteiger partial charge in [-0.05, 0) is 23.3 Å². The molecule has 0 radical (unpaired) electrons. The second kappa shape index (κ2) is 8.22. The first-order valence-electron chi connectivity index (χ1n) is 8.97. The normalized spacial score (nSPS) is 10.3. The Balaban J connectivity index is 1.64. The van der Waals surface area contributed by atoms with E-state index in [2.05, 4.69) is 15.8 Å². The lowest BCUT2D eigenvalue weighted by Crippen LogP contribution is -2.41. The number of carbonyl (C=O) groups excluding carboxylic acids is 2. The number of benzene rings is 2. The fourth-order valence-corrected chi connectivity index (χ4v) is 2.99. The molecule has 0 fully saturated rings. The van der Waals surface area contributed by atoms with E-state index in [0.29, 0.717) is 11.1 Å². The number of furan rings is 1. The van der Waals surface area contributed by atoms with Crippen LogP contribution in [0, 0.1) is 0 Å². The van der Waals surface area contributed by atoms with Crippen LogP contribution in [0.5, 0.6) is 0 Å². The molecule has 0 aliphatic carbocycles. The van der Waals surface area contributed by atoms with Crippen LogP contribution in [0.3, 0.4) is 0 Å². The highest BCUT2D eigenvalue weighted by Gasteiger charge is 2.23. The van der Waals surface area contributed by atoms with Crippen LogP contribution < -0.4 is 10.9 Å². The number of nitrogens with zero attached hydrogens (tertiary/aromatic N) is 1. The molecule has 0 saturated carbocycles. The van der Waals surface area contributed by atoms with Crippen molar-refractivity contribution >= 4 is 11.8 Å². The van der Waals surface area contributed by atoms with Crippen LogP contribution in [0.15, 0.2) is 95.9 Å². The van der Waals surface area contributed by atoms with Crippen molar-refractivity contribution in [3.05, 3.63) is 103 Å². The molecule has 29 heavy (non-hydrogen) atoms. The van der Waals surface area contributed by atoms with E-state index in [0.717, 1.165) is 16.7 Å². The van der Waals surface area contributed by atoms with Gasteiger partial charge in [-0.2, -0.15) is 0 Å². The minimum absolute atomic E-state index is 0.116. The van der Waals surface area contributed by atoms with E-state index in [1.165, 1.54) is 12.4 Å². The van der Waals surface area contributed by atoms with Crippen molar-refractivity contribution in [2.24, 2.45) is 0 Å². The summed E-state index contributed by atoms with van der Waals surface area (Å²) in [6.45, 7) is 0. The topological polar surface area (TPSA) is 84.2 Å². The van der Waals surface area contributed by atoms with Crippen molar-refractivity contribution in [3.8, 4) is 22.3 Å². The molecule has 6 nitrogen and oxygen atoms in total. The minimum Gasteiger partial charge on any atom is -0.458 e. The molecule has 0 aliphatic rings. The molecule has 0 aliphatic heterocycles. The zero-order chi connectivity index (χ0) is 20.1. The number of pyridine rings is 1. The van der Waals surface area contributed by atoms with Crippen LogP contribution in [0.1, 0.15) is 20.9 Å². The van der Waals surface area contributed by atoms with Crippen LogP contribution in [0.4, 0.5) is 0 Å². The summed E-state index contributed by atoms with van der Waals surface area (Å²) in [6, 6.07) is 22.3. The third-order valence-corrected chi connectivity index (χ3v) is 4.38. The monoisotopic (exact) mass is 383 g/mol. The van der Waals surface area contributed by atoms with Crippen molar-refractivity contribution in [2.75, 3.05) is 0 Å². The van der Waals surface area contributed by atoms with E-state index in [4.69, 9.17) is 4.42 Å². The van der Waals surface area contributed by atoms with Crippen LogP contribution in [0.2, 0.25) is 0 Å². The maximum atomic E-state index is 12.8. The molecule has 6 heteroatoms. The highest BCUT2D eigenvalue weighted by Crippen LogP contribution is 2.36. The number of amides is 2. The average molecular weight is 383 g/mol. The molecule has 2 aromatic carbocycles. The maximum absolute atomic E-state index is 12.8. The third kappa shape index (κ3) is 3.91. The zero-order valence-corrected chi connectivity index (χ0v) is 15.3. The summed E-state index contributed by atoms with van der Waals surface area (Å²) >= 11 is 0. The average Bonchev–Trinajstić information content (AvgIpc) is 3.24. The first kappa shape index (κ1) is 18.2. The van der Waals surface area contributed by atoms with Gasteiger partial charge in [0.1, 0.15) is 0 Å². The third-order valence-electron chi connectivity index (χ3n) is 4.38. The molecular weight excluding hydrogens is 366 g/mol. The number of hydrogen-bond acceptors (Lipinski definition) is 4. The molecule has 142 valence electrons. The molecule has 2 heterocycles. The number of rotatable bonds is 4. The maximum Gasteiger partial charge on any atom is 0.306 e. The predicted octanol–water partition coefficient (Wildman–Crippen LogP) is 4.08. The van der Waals surface area contributed by atoms with Crippen molar-refractivity contribution < 1.29 is 14.0 Å². The van der Waals surface area contributed by atoms with Gasteiger partial charge in [-0.1, -0.05) is 60.7 Å². The number of hydrazine groups is 1. The second-order valence-corrected chi connectivity index (χ2v) is 6.23. The lowest BCUT2D eigenvalue weighted by atomic mass is 9.96. The first-order chi connectivity index (χ1) is 14.2. The van der Waals surface area contributed by atoms with Gasteiger partial charge in [0.15, 0.2) is 0 Å². The highest BCUT2D eigenvalue weighted by atomic mass is 16.3. The lowest BCUT2D eigenvalue weighted by Gasteiger charge is -2.09. The Morgan fingerprint density at radius 3 is 1.97 bits per heavy atom. The van der Waals surface area contributed by atoms with Gasteiger partial charge in [0, 0.05) is 29.1 Å². The quantitative estimate of drug-likeness (QED) is 0.520. The largest absolute Gasteiger partial charge is 0.458 e. The Morgan fingerprint density at radius 2 is 1.31 bits per heavy atom. The Labute approximate surface area is 167 Å². The van der Waals surface area contributed by atoms with Crippen molar-refractivity contribution in [1.82, 2.24) is 15.8 Å². The van der Waals surface area contributed by atoms with E-state index >= 15 is 0 Å². The molecule has 0 unspecified atom stereocenters. The Morgan fingerprint density at radius 1 is 0.724 bits per heavy atom. The van der Waals surface area contributed by atoms with E-state index in [-0.39, 0.29) is 5.76 Å². The predicted molar refractivity (Wildman–Crippen MR) is 109 cm³/mol. The Bertz CT molecular complexity index is 1120. The summed E-state index contributed by atoms with van der Waals surface area (Å²) in [5, 5.41) is 0. The molecular formula is C23H17N3O3. The van der Waals surface area contributed by atoms with Crippen molar-refractivity contribution in [3.63, 3.8) is 0 Å². The van der Waals surface area contributed by atoms with Gasteiger partial charge < -0.3 is 4.42 Å². The SMILES string of the molecule is O=C(NNC(=O)c1occ(-c2ccccc2)c1-c1ccccc1)c1ccncc1. The molecule has 0 atom stereocenters. The molecule has 0 spiro atoms. The van der Waals surface area contributed by atoms with E-state index in [1.54, 1.807) is 18.4 Å². The van der Waals surface area contributed by atoms with Crippen LogP contribution in [0.25, 0.3) is 22.3 Å². The minimum atomic E-state index is -0.548. The number of aromatic nitrogens is 1. The van der Waals surface area contributed by atoms with E-state index < -0.39 is 11.8 Å². The summed E-state index contributed by atoms with van der Waals surface area (Å²) in [5.74, 6) is -0.879. The number of carbonyl (C=O) groups is 2. The molecule has 4 aromatic rings. The molecule has 0 saturated heterocycles. The Kier molecular flexibility index (Phi) is 5.16. The van der Waals surface area contributed by atoms with Crippen LogP contribution >= 0.6 is 0 Å². The Hall–Kier alpha value is -4.19. The van der Waals surface area contributed by atoms with E-state index in [1.807, 2.05) is 60.7 Å². The summed E-state index contributed by atoms with van der Waals surface area (Å²) in [6.07, 6.45) is 4.56. The first-order valence-corrected chi connectivity index (χ1v) is 8.97. The van der Waals surface area contributed by atoms with Gasteiger partial charge in [-0.3, -0.25) is 25.4 Å². The van der Waals surface area contributed by atoms with Gasteiger partial charge in [-0.25, -0.2) is 0 Å². The second-order valence-electron chi connectivity index (χ2n) is 6.23. The smallest absolute Gasteiger partial charge is 0.306 e. The van der Waals surface area contributed by atoms with Gasteiger partial charge in [-0.15, -0.1) is 0 Å². The summed E-state index contributed by atoms with van der Waals surface area (Å²) < 4.78 is 5.63. The van der Waals surface area contributed by atoms with Crippen molar-refractivity contribution in [1.29, 1.82) is 0 Å². The van der Waals surface area contributed by atoms with Crippen LogP contribution in [-0.4, -0.2) is 16.8 Å². The van der Waals surface area contributed by atoms with E-state index in [9.17, 15) is 9.59 Å². The molecule has 2 amide bonds. The zero-order valence-electron chi connectivity index (χ0n) is 15.3. The molecule has 0 bridgehead atoms. The molecule has 2 N–H and O–H groups in total. The molecule has 4 rings (SSSR count). The van der Waals surface area contributed by atoms with Gasteiger partial charge >= 0.3 is 5.91 Å². The summed E-state index contributed by atoms with van der Waals surface area (Å²) in [7, 11) is 0. The fourth-order valence-electron chi connectivity index (χ4n) is 2.99. The standard InChI is InChI=1S/C23H17N3O3/c27-22(18-11-13-24-14-12-18)25-26-23(28)21-20(17-9-5-2-6-10-17)19(15-29-21)16-7-3-1-4-8-16/h1-15H,(H,25,27)(H,26,28). The van der Waals surface area contributed by atoms with Gasteiger partial charge in [0.2, 0.25) is 5.76 Å².